The summed E-state index contributed by atoms with van der Waals surface area (Å²) in [6, 6.07) is 6.95. The number of para-hydroxylation sites is 1. The lowest BCUT2D eigenvalue weighted by Gasteiger charge is -2.28. The molecular weight excluding hydrogens is 224 g/mol. The maximum Gasteiger partial charge on any atom is 0.142 e. The Kier molecular flexibility index (Phi) is 2.78. The molecule has 1 N–H and O–H groups in total. The molecule has 3 rings (SSSR count). The summed E-state index contributed by atoms with van der Waals surface area (Å²) in [5.74, 6) is 0.948. The third-order valence-electron chi connectivity index (χ3n) is 4.11. The molecule has 0 amide bonds. The average molecular weight is 244 g/mol. The standard InChI is InChI=1S/C15H20N2O/c1-17(2)10-7-8-13-12(9-10)11-5-4-6-14(18-3)15(11)16-13/h4-6,10,16H,7-9H2,1-3H3/t10-/m0/s1. The molecule has 96 valence electrons. The minimum atomic E-state index is 0.655. The van der Waals surface area contributed by atoms with Gasteiger partial charge in [-0.25, -0.2) is 0 Å². The second-order valence-corrected chi connectivity index (χ2v) is 5.33. The molecule has 0 aliphatic heterocycles. The van der Waals surface area contributed by atoms with E-state index in [2.05, 4.69) is 36.1 Å². The van der Waals surface area contributed by atoms with Crippen LogP contribution in [-0.2, 0) is 12.8 Å². The lowest BCUT2D eigenvalue weighted by atomic mass is 9.91. The Morgan fingerprint density at radius 1 is 1.33 bits per heavy atom. The number of hydrogen-bond acceptors (Lipinski definition) is 2. The molecule has 1 atom stereocenters. The van der Waals surface area contributed by atoms with Gasteiger partial charge in [0.15, 0.2) is 0 Å². The Balaban J connectivity index is 2.11. The van der Waals surface area contributed by atoms with Crippen LogP contribution in [-0.4, -0.2) is 37.1 Å². The van der Waals surface area contributed by atoms with Crippen molar-refractivity contribution in [3.8, 4) is 5.75 Å². The predicted molar refractivity (Wildman–Crippen MR) is 74.4 cm³/mol. The Hall–Kier alpha value is -1.48. The summed E-state index contributed by atoms with van der Waals surface area (Å²) in [7, 11) is 6.08. The van der Waals surface area contributed by atoms with E-state index in [9.17, 15) is 0 Å². The van der Waals surface area contributed by atoms with Gasteiger partial charge in [-0.05, 0) is 45.0 Å². The molecule has 1 aromatic heterocycles. The van der Waals surface area contributed by atoms with E-state index in [1.807, 2.05) is 6.07 Å². The SMILES string of the molecule is COc1cccc2c3c([nH]c12)CC[C@H](N(C)C)C3. The van der Waals surface area contributed by atoms with E-state index < -0.39 is 0 Å². The van der Waals surface area contributed by atoms with E-state index in [0.29, 0.717) is 6.04 Å². The molecule has 1 aliphatic rings. The van der Waals surface area contributed by atoms with E-state index in [4.69, 9.17) is 4.74 Å². The Morgan fingerprint density at radius 3 is 2.89 bits per heavy atom. The minimum absolute atomic E-state index is 0.655. The van der Waals surface area contributed by atoms with E-state index in [-0.39, 0.29) is 0 Å². The smallest absolute Gasteiger partial charge is 0.142 e. The number of nitrogens with zero attached hydrogens (tertiary/aromatic N) is 1. The monoisotopic (exact) mass is 244 g/mol. The van der Waals surface area contributed by atoms with Gasteiger partial charge in [0, 0.05) is 17.1 Å². The van der Waals surface area contributed by atoms with Gasteiger partial charge in [0.05, 0.1) is 12.6 Å². The van der Waals surface area contributed by atoms with Crippen molar-refractivity contribution in [2.45, 2.75) is 25.3 Å². The van der Waals surface area contributed by atoms with Gasteiger partial charge in [0.25, 0.3) is 0 Å². The van der Waals surface area contributed by atoms with Gasteiger partial charge in [0.2, 0.25) is 0 Å². The van der Waals surface area contributed by atoms with Gasteiger partial charge < -0.3 is 14.6 Å². The molecule has 0 saturated carbocycles. The lowest BCUT2D eigenvalue weighted by Crippen LogP contribution is -2.33. The van der Waals surface area contributed by atoms with Crippen LogP contribution in [0.2, 0.25) is 0 Å². The average Bonchev–Trinajstić information content (AvgIpc) is 2.76. The summed E-state index contributed by atoms with van der Waals surface area (Å²) in [5.41, 5.74) is 4.03. The van der Waals surface area contributed by atoms with Crippen molar-refractivity contribution < 1.29 is 4.74 Å². The molecule has 1 aromatic carbocycles. The fourth-order valence-corrected chi connectivity index (χ4v) is 3.01. The fourth-order valence-electron chi connectivity index (χ4n) is 3.01. The molecule has 0 fully saturated rings. The van der Waals surface area contributed by atoms with Crippen LogP contribution in [0, 0.1) is 0 Å². The van der Waals surface area contributed by atoms with Crippen molar-refractivity contribution in [1.29, 1.82) is 0 Å². The highest BCUT2D eigenvalue weighted by molar-refractivity contribution is 5.89. The number of aromatic nitrogens is 1. The number of aryl methyl sites for hydroxylation is 1. The number of benzene rings is 1. The van der Waals surface area contributed by atoms with Crippen molar-refractivity contribution in [2.75, 3.05) is 21.2 Å². The van der Waals surface area contributed by atoms with Crippen LogP contribution < -0.4 is 4.74 Å². The lowest BCUT2D eigenvalue weighted by molar-refractivity contribution is 0.268. The Bertz CT molecular complexity index is 571. The van der Waals surface area contributed by atoms with Crippen molar-refractivity contribution >= 4 is 10.9 Å². The molecule has 0 radical (unpaired) electrons. The molecule has 0 unspecified atom stereocenters. The van der Waals surface area contributed by atoms with Crippen LogP contribution in [0.3, 0.4) is 0 Å². The summed E-state index contributed by atoms with van der Waals surface area (Å²) < 4.78 is 5.44. The minimum Gasteiger partial charge on any atom is -0.495 e. The summed E-state index contributed by atoms with van der Waals surface area (Å²) >= 11 is 0. The molecule has 0 saturated heterocycles. The first-order chi connectivity index (χ1) is 8.70. The summed E-state index contributed by atoms with van der Waals surface area (Å²) in [4.78, 5) is 5.89. The van der Waals surface area contributed by atoms with Crippen molar-refractivity contribution in [1.82, 2.24) is 9.88 Å². The number of H-pyrrole nitrogens is 1. The van der Waals surface area contributed by atoms with Crippen molar-refractivity contribution in [2.24, 2.45) is 0 Å². The maximum absolute atomic E-state index is 5.44. The molecule has 3 nitrogen and oxygen atoms in total. The first kappa shape index (κ1) is 11.6. The molecule has 3 heteroatoms. The van der Waals surface area contributed by atoms with E-state index in [1.54, 1.807) is 7.11 Å². The largest absolute Gasteiger partial charge is 0.495 e. The number of hydrogen-bond donors (Lipinski definition) is 1. The Morgan fingerprint density at radius 2 is 2.17 bits per heavy atom. The highest BCUT2D eigenvalue weighted by atomic mass is 16.5. The highest BCUT2D eigenvalue weighted by Gasteiger charge is 2.24. The zero-order valence-electron chi connectivity index (χ0n) is 11.3. The van der Waals surface area contributed by atoms with E-state index >= 15 is 0 Å². The summed E-state index contributed by atoms with van der Waals surface area (Å²) in [5, 5.41) is 1.33. The van der Waals surface area contributed by atoms with Gasteiger partial charge in [-0.1, -0.05) is 12.1 Å². The zero-order valence-corrected chi connectivity index (χ0v) is 11.3. The van der Waals surface area contributed by atoms with Gasteiger partial charge in [-0.15, -0.1) is 0 Å². The van der Waals surface area contributed by atoms with Gasteiger partial charge in [-0.2, -0.15) is 0 Å². The second kappa shape index (κ2) is 4.32. The molecule has 0 bridgehead atoms. The van der Waals surface area contributed by atoms with Crippen molar-refractivity contribution in [3.05, 3.63) is 29.5 Å². The van der Waals surface area contributed by atoms with Crippen LogP contribution in [0.25, 0.3) is 10.9 Å². The maximum atomic E-state index is 5.44. The number of fused-ring (bicyclic) bond motifs is 3. The van der Waals surface area contributed by atoms with Gasteiger partial charge in [-0.3, -0.25) is 0 Å². The molecule has 1 heterocycles. The zero-order chi connectivity index (χ0) is 12.7. The van der Waals surface area contributed by atoms with Crippen molar-refractivity contribution in [3.63, 3.8) is 0 Å². The molecule has 18 heavy (non-hydrogen) atoms. The number of ether oxygens (including phenoxy) is 1. The second-order valence-electron chi connectivity index (χ2n) is 5.33. The molecule has 0 spiro atoms. The van der Waals surface area contributed by atoms with Crippen LogP contribution in [0.15, 0.2) is 18.2 Å². The third-order valence-corrected chi connectivity index (χ3v) is 4.11. The number of rotatable bonds is 2. The summed E-state index contributed by atoms with van der Waals surface area (Å²) in [6.07, 6.45) is 3.50. The predicted octanol–water partition coefficient (Wildman–Crippen LogP) is 2.60. The Labute approximate surface area is 108 Å². The first-order valence-corrected chi connectivity index (χ1v) is 6.53. The van der Waals surface area contributed by atoms with Crippen LogP contribution in [0.4, 0.5) is 0 Å². The van der Waals surface area contributed by atoms with E-state index in [0.717, 1.165) is 24.1 Å². The third kappa shape index (κ3) is 1.70. The number of nitrogens with one attached hydrogen (secondary N) is 1. The fraction of sp³-hybridized carbons (Fsp3) is 0.467. The molecule has 2 aromatic rings. The normalized spacial score (nSPS) is 19.2. The molecule has 1 aliphatic carbocycles. The van der Waals surface area contributed by atoms with Crippen LogP contribution in [0.1, 0.15) is 17.7 Å². The van der Waals surface area contributed by atoms with E-state index in [1.165, 1.54) is 23.1 Å². The van der Waals surface area contributed by atoms with Crippen LogP contribution in [0.5, 0.6) is 5.75 Å². The first-order valence-electron chi connectivity index (χ1n) is 6.53. The quantitative estimate of drug-likeness (QED) is 0.879. The summed E-state index contributed by atoms with van der Waals surface area (Å²) in [6.45, 7) is 0. The van der Waals surface area contributed by atoms with Gasteiger partial charge >= 0.3 is 0 Å². The molecular formula is C15H20N2O. The number of aromatic amines is 1. The topological polar surface area (TPSA) is 28.3 Å². The number of methoxy groups -OCH3 is 1. The number of likely N-dealkylation sites (N-methyl/N-ethyl adjacent to an activating group) is 1. The highest BCUT2D eigenvalue weighted by Crippen LogP contribution is 2.34. The van der Waals surface area contributed by atoms with Gasteiger partial charge in [0.1, 0.15) is 5.75 Å². The van der Waals surface area contributed by atoms with Crippen LogP contribution >= 0.6 is 0 Å².